The lowest BCUT2D eigenvalue weighted by atomic mass is 10.2. The van der Waals surface area contributed by atoms with Crippen LogP contribution in [0.5, 0.6) is 0 Å². The molecule has 0 aliphatic carbocycles. The van der Waals surface area contributed by atoms with Gasteiger partial charge in [0.15, 0.2) is 11.7 Å². The van der Waals surface area contributed by atoms with E-state index in [1.165, 1.54) is 13.2 Å². The summed E-state index contributed by atoms with van der Waals surface area (Å²) in [4.78, 5) is 3.96. The second-order valence-corrected chi connectivity index (χ2v) is 4.58. The van der Waals surface area contributed by atoms with E-state index in [1.807, 2.05) is 6.92 Å². The Balaban J connectivity index is 0.00000484. The molecular formula is C13H23F3IN5O. The van der Waals surface area contributed by atoms with E-state index in [2.05, 4.69) is 20.7 Å². The van der Waals surface area contributed by atoms with Crippen LogP contribution in [-0.4, -0.2) is 42.5 Å². The molecule has 1 heterocycles. The van der Waals surface area contributed by atoms with Gasteiger partial charge in [-0.1, -0.05) is 0 Å². The van der Waals surface area contributed by atoms with Gasteiger partial charge in [0.25, 0.3) is 0 Å². The number of nitrogens with zero attached hydrogens (tertiary/aromatic N) is 3. The van der Waals surface area contributed by atoms with Crippen molar-refractivity contribution in [3.05, 3.63) is 17.5 Å². The highest BCUT2D eigenvalue weighted by Crippen LogP contribution is 2.30. The second-order valence-electron chi connectivity index (χ2n) is 4.58. The fraction of sp³-hybridized carbons (Fsp3) is 0.692. The van der Waals surface area contributed by atoms with Gasteiger partial charge in [0, 0.05) is 52.2 Å². The third-order valence-electron chi connectivity index (χ3n) is 2.80. The van der Waals surface area contributed by atoms with E-state index in [-0.39, 0.29) is 36.1 Å². The van der Waals surface area contributed by atoms with Gasteiger partial charge in [0.1, 0.15) is 0 Å². The molecular weight excluding hydrogens is 426 g/mol. The first-order valence-corrected chi connectivity index (χ1v) is 7.00. The first-order chi connectivity index (χ1) is 10.4. The normalized spacial score (nSPS) is 12.0. The fourth-order valence-electron chi connectivity index (χ4n) is 1.83. The lowest BCUT2D eigenvalue weighted by molar-refractivity contribution is -0.142. The first-order valence-electron chi connectivity index (χ1n) is 7.00. The number of ether oxygens (including phenoxy) is 1. The molecule has 10 heteroatoms. The van der Waals surface area contributed by atoms with E-state index in [0.717, 1.165) is 11.1 Å². The van der Waals surface area contributed by atoms with Gasteiger partial charge in [-0.25, -0.2) is 0 Å². The predicted molar refractivity (Wildman–Crippen MR) is 92.9 cm³/mol. The highest BCUT2D eigenvalue weighted by atomic mass is 127. The molecule has 1 aromatic heterocycles. The molecule has 0 aromatic carbocycles. The summed E-state index contributed by atoms with van der Waals surface area (Å²) in [5.74, 6) is 0.438. The van der Waals surface area contributed by atoms with E-state index in [1.54, 1.807) is 7.05 Å². The van der Waals surface area contributed by atoms with Crippen molar-refractivity contribution in [1.82, 2.24) is 20.4 Å². The lowest BCUT2D eigenvalue weighted by Crippen LogP contribution is -2.37. The van der Waals surface area contributed by atoms with Crippen LogP contribution < -0.4 is 10.6 Å². The van der Waals surface area contributed by atoms with Crippen LogP contribution in [0.25, 0.3) is 0 Å². The Morgan fingerprint density at radius 3 is 2.65 bits per heavy atom. The van der Waals surface area contributed by atoms with Crippen molar-refractivity contribution in [3.63, 3.8) is 0 Å². The topological polar surface area (TPSA) is 63.5 Å². The van der Waals surface area contributed by atoms with Gasteiger partial charge < -0.3 is 15.4 Å². The van der Waals surface area contributed by atoms with E-state index in [0.29, 0.717) is 25.7 Å². The molecule has 0 unspecified atom stereocenters. The maximum Gasteiger partial charge on any atom is 0.435 e. The number of guanidine groups is 1. The van der Waals surface area contributed by atoms with Crippen molar-refractivity contribution in [2.45, 2.75) is 26.1 Å². The van der Waals surface area contributed by atoms with Crippen molar-refractivity contribution in [2.24, 2.45) is 12.0 Å². The first kappa shape index (κ1) is 22.0. The van der Waals surface area contributed by atoms with Crippen LogP contribution in [0.15, 0.2) is 11.2 Å². The highest BCUT2D eigenvalue weighted by molar-refractivity contribution is 14.0. The number of hydrogen-bond acceptors (Lipinski definition) is 3. The monoisotopic (exact) mass is 449 g/mol. The molecule has 6 nitrogen and oxygen atoms in total. The molecule has 0 aliphatic rings. The third kappa shape index (κ3) is 7.86. The molecule has 0 atom stereocenters. The van der Waals surface area contributed by atoms with Crippen LogP contribution in [0, 0.1) is 0 Å². The Kier molecular flexibility index (Phi) is 10.2. The molecule has 134 valence electrons. The van der Waals surface area contributed by atoms with E-state index < -0.39 is 11.9 Å². The molecule has 0 bridgehead atoms. The number of hydrogen-bond donors (Lipinski definition) is 2. The zero-order chi connectivity index (χ0) is 16.6. The van der Waals surface area contributed by atoms with Gasteiger partial charge in [-0.2, -0.15) is 18.3 Å². The standard InChI is InChI=1S/C13H22F3N5O.HI/c1-4-22-7-5-6-18-12(17-2)19-8-10-9-21(3)20-11(10)13(14,15)16;/h9H,4-8H2,1-3H3,(H2,17,18,19);1H. The number of aromatic nitrogens is 2. The summed E-state index contributed by atoms with van der Waals surface area (Å²) in [6.45, 7) is 3.82. The summed E-state index contributed by atoms with van der Waals surface area (Å²) < 4.78 is 44.8. The molecule has 0 spiro atoms. The quantitative estimate of drug-likeness (QED) is 0.290. The van der Waals surface area contributed by atoms with E-state index >= 15 is 0 Å². The van der Waals surface area contributed by atoms with Crippen LogP contribution in [0.3, 0.4) is 0 Å². The predicted octanol–water partition coefficient (Wildman–Crippen LogP) is 2.15. The largest absolute Gasteiger partial charge is 0.435 e. The van der Waals surface area contributed by atoms with Crippen LogP contribution >= 0.6 is 24.0 Å². The smallest absolute Gasteiger partial charge is 0.382 e. The Labute approximate surface area is 150 Å². The van der Waals surface area contributed by atoms with Crippen molar-refractivity contribution in [2.75, 3.05) is 26.8 Å². The Bertz CT molecular complexity index is 490. The molecule has 1 rings (SSSR count). The number of halogens is 4. The minimum absolute atomic E-state index is 0. The van der Waals surface area contributed by atoms with Gasteiger partial charge in [-0.3, -0.25) is 9.67 Å². The number of alkyl halides is 3. The maximum atomic E-state index is 12.8. The number of rotatable bonds is 7. The fourth-order valence-corrected chi connectivity index (χ4v) is 1.83. The van der Waals surface area contributed by atoms with Crippen molar-refractivity contribution >= 4 is 29.9 Å². The van der Waals surface area contributed by atoms with Crippen molar-refractivity contribution in [3.8, 4) is 0 Å². The highest BCUT2D eigenvalue weighted by Gasteiger charge is 2.36. The molecule has 1 aromatic rings. The Morgan fingerprint density at radius 1 is 1.39 bits per heavy atom. The van der Waals surface area contributed by atoms with Gasteiger partial charge in [0.2, 0.25) is 0 Å². The summed E-state index contributed by atoms with van der Waals surface area (Å²) in [5, 5.41) is 9.32. The molecule has 0 fully saturated rings. The summed E-state index contributed by atoms with van der Waals surface area (Å²) >= 11 is 0. The second kappa shape index (κ2) is 10.7. The average Bonchev–Trinajstić information content (AvgIpc) is 2.83. The lowest BCUT2D eigenvalue weighted by Gasteiger charge is -2.12. The summed E-state index contributed by atoms with van der Waals surface area (Å²) in [6, 6.07) is 0. The van der Waals surface area contributed by atoms with Crippen LogP contribution in [0.1, 0.15) is 24.6 Å². The summed E-state index contributed by atoms with van der Waals surface area (Å²) in [7, 11) is 3.02. The van der Waals surface area contributed by atoms with E-state index in [9.17, 15) is 13.2 Å². The van der Waals surface area contributed by atoms with E-state index in [4.69, 9.17) is 4.74 Å². The summed E-state index contributed by atoms with van der Waals surface area (Å²) in [6.07, 6.45) is -2.33. The van der Waals surface area contributed by atoms with Gasteiger partial charge in [-0.05, 0) is 13.3 Å². The minimum atomic E-state index is -4.47. The third-order valence-corrected chi connectivity index (χ3v) is 2.80. The maximum absolute atomic E-state index is 12.8. The number of nitrogens with one attached hydrogen (secondary N) is 2. The van der Waals surface area contributed by atoms with Crippen molar-refractivity contribution < 1.29 is 17.9 Å². The number of aryl methyl sites for hydroxylation is 1. The molecule has 0 aliphatic heterocycles. The molecule has 0 amide bonds. The molecule has 0 radical (unpaired) electrons. The van der Waals surface area contributed by atoms with Crippen LogP contribution in [0.4, 0.5) is 13.2 Å². The Hall–Kier alpha value is -1.04. The zero-order valence-corrected chi connectivity index (χ0v) is 15.7. The van der Waals surface area contributed by atoms with Crippen LogP contribution in [0.2, 0.25) is 0 Å². The average molecular weight is 449 g/mol. The zero-order valence-electron chi connectivity index (χ0n) is 13.4. The Morgan fingerprint density at radius 2 is 2.09 bits per heavy atom. The SMILES string of the molecule is CCOCCCNC(=NC)NCc1cn(C)nc1C(F)(F)F.I. The van der Waals surface area contributed by atoms with Gasteiger partial charge in [-0.15, -0.1) is 24.0 Å². The van der Waals surface area contributed by atoms with Gasteiger partial charge in [0.05, 0.1) is 0 Å². The molecule has 2 N–H and O–H groups in total. The number of aliphatic imine (C=N–C) groups is 1. The molecule has 23 heavy (non-hydrogen) atoms. The molecule has 0 saturated heterocycles. The summed E-state index contributed by atoms with van der Waals surface area (Å²) in [5.41, 5.74) is -0.804. The minimum Gasteiger partial charge on any atom is -0.382 e. The molecule has 0 saturated carbocycles. The van der Waals surface area contributed by atoms with Gasteiger partial charge >= 0.3 is 6.18 Å². The van der Waals surface area contributed by atoms with Crippen LogP contribution in [-0.2, 0) is 24.5 Å². The van der Waals surface area contributed by atoms with Crippen molar-refractivity contribution in [1.29, 1.82) is 0 Å².